The van der Waals surface area contributed by atoms with Gasteiger partial charge >= 0.3 is 0 Å². The molecule has 3 aliphatic rings. The van der Waals surface area contributed by atoms with E-state index in [0.29, 0.717) is 0 Å². The van der Waals surface area contributed by atoms with Gasteiger partial charge in [-0.3, -0.25) is 0 Å². The molecule has 270 valence electrons. The Hall–Kier alpha value is -4.64. The van der Waals surface area contributed by atoms with Crippen LogP contribution >= 0.6 is 23.5 Å². The summed E-state index contributed by atoms with van der Waals surface area (Å²) in [6.45, 7) is 23.2. The summed E-state index contributed by atoms with van der Waals surface area (Å²) >= 11 is 3.79. The van der Waals surface area contributed by atoms with Gasteiger partial charge < -0.3 is 9.88 Å². The highest BCUT2D eigenvalue weighted by molar-refractivity contribution is 8.22. The topological polar surface area (TPSA) is 19.0 Å². The molecule has 0 spiro atoms. The van der Waals surface area contributed by atoms with Gasteiger partial charge in [-0.15, -0.1) is 0 Å². The van der Waals surface area contributed by atoms with Gasteiger partial charge in [-0.05, 0) is 120 Å². The number of allylic oxidation sites excluding steroid dienone is 3. The number of benzene rings is 5. The zero-order valence-electron chi connectivity index (χ0n) is 32.7. The lowest BCUT2D eigenvalue weighted by atomic mass is 9.63. The van der Waals surface area contributed by atoms with E-state index in [0.717, 1.165) is 5.57 Å². The fourth-order valence-electron chi connectivity index (χ4n) is 8.98. The van der Waals surface area contributed by atoms with Crippen LogP contribution in [0.15, 0.2) is 129 Å². The molecule has 2 nitrogen and oxygen atoms in total. The Kier molecular flexibility index (Phi) is 8.26. The molecule has 0 bridgehead atoms. The van der Waals surface area contributed by atoms with Crippen LogP contribution in [0.3, 0.4) is 0 Å². The summed E-state index contributed by atoms with van der Waals surface area (Å²) in [5.74, 6) is 0. The number of nitrogens with zero attached hydrogens (tertiary/aromatic N) is 1. The van der Waals surface area contributed by atoms with E-state index in [-0.39, 0.29) is 10.8 Å². The standard InChI is InChI=1S/C50H48N2S2/c1-29-25-38(36-18-14-19-37-45(33(5)51-46(36)37)35-17-11-10-15-30(35)2)47-43(26-29)52(41-22-21-31(3)34-16-12-13-20-44(34)53-48(41)54-47)42-28-40-39(27-32(42)4)49(6,7)23-24-50(40,8)9/h10-22,25-28,51H,3,23-24H2,1-2,4-9H3/b22-21-. The highest BCUT2D eigenvalue weighted by Gasteiger charge is 2.39. The zero-order valence-corrected chi connectivity index (χ0v) is 34.3. The van der Waals surface area contributed by atoms with Crippen molar-refractivity contribution in [1.82, 2.24) is 4.98 Å². The number of anilines is 2. The van der Waals surface area contributed by atoms with Gasteiger partial charge in [0.05, 0.1) is 21.1 Å². The number of aromatic amines is 1. The summed E-state index contributed by atoms with van der Waals surface area (Å²) < 4.78 is 1.27. The molecule has 0 saturated heterocycles. The number of hydrogen-bond donors (Lipinski definition) is 1. The van der Waals surface area contributed by atoms with Crippen molar-refractivity contribution in [1.29, 1.82) is 0 Å². The van der Waals surface area contributed by atoms with Crippen LogP contribution < -0.4 is 4.90 Å². The minimum absolute atomic E-state index is 0.0876. The molecule has 3 heterocycles. The summed E-state index contributed by atoms with van der Waals surface area (Å²) in [6, 6.07) is 34.1. The summed E-state index contributed by atoms with van der Waals surface area (Å²) in [7, 11) is 0. The quantitative estimate of drug-likeness (QED) is 0.195. The first-order valence-corrected chi connectivity index (χ1v) is 20.8. The number of aromatic nitrogens is 1. The van der Waals surface area contributed by atoms with Crippen molar-refractivity contribution in [2.24, 2.45) is 0 Å². The lowest BCUT2D eigenvalue weighted by molar-refractivity contribution is 0.332. The van der Waals surface area contributed by atoms with E-state index < -0.39 is 0 Å². The first kappa shape index (κ1) is 35.1. The molecule has 9 rings (SSSR count). The first-order chi connectivity index (χ1) is 25.8. The third-order valence-corrected chi connectivity index (χ3v) is 14.6. The predicted octanol–water partition coefficient (Wildman–Crippen LogP) is 14.9. The molecule has 0 unspecified atom stereocenters. The molecule has 6 aromatic rings. The number of nitrogens with one attached hydrogen (secondary N) is 1. The number of aryl methyl sites for hydroxylation is 4. The average molecular weight is 741 g/mol. The van der Waals surface area contributed by atoms with E-state index in [2.05, 4.69) is 175 Å². The number of fused-ring (bicyclic) bond motifs is 4. The first-order valence-electron chi connectivity index (χ1n) is 19.2. The number of H-pyrrole nitrogens is 1. The number of thioether (sulfide) groups is 2. The second kappa shape index (κ2) is 12.7. The van der Waals surface area contributed by atoms with E-state index in [1.165, 1.54) is 116 Å². The largest absolute Gasteiger partial charge is 0.358 e. The van der Waals surface area contributed by atoms with Gasteiger partial charge in [0.2, 0.25) is 0 Å². The Balaban J connectivity index is 1.32. The molecule has 0 saturated carbocycles. The number of rotatable bonds is 3. The summed E-state index contributed by atoms with van der Waals surface area (Å²) in [4.78, 5) is 8.98. The summed E-state index contributed by atoms with van der Waals surface area (Å²) in [5, 5.41) is 1.26. The van der Waals surface area contributed by atoms with E-state index in [4.69, 9.17) is 0 Å². The Morgan fingerprint density at radius 3 is 2.09 bits per heavy atom. The van der Waals surface area contributed by atoms with Gasteiger partial charge in [0, 0.05) is 43.2 Å². The fraction of sp³-hybridized carbons (Fsp3) is 0.240. The molecule has 0 amide bonds. The van der Waals surface area contributed by atoms with Crippen LogP contribution in [0.2, 0.25) is 0 Å². The van der Waals surface area contributed by atoms with Gasteiger partial charge in [-0.25, -0.2) is 0 Å². The SMILES string of the molecule is C=C1/C=C\C2=C(Sc3ccccc31)Sc1c(-c3cccc4c(-c5ccccc5C)c(C)[nH]c34)cc(C)cc1N2c1cc2c(cc1C)C(C)(C)CCC2(C)C. The van der Waals surface area contributed by atoms with E-state index in [9.17, 15) is 0 Å². The predicted molar refractivity (Wildman–Crippen MR) is 235 cm³/mol. The van der Waals surface area contributed by atoms with Crippen molar-refractivity contribution in [2.45, 2.75) is 88.9 Å². The van der Waals surface area contributed by atoms with Crippen LogP contribution in [0.4, 0.5) is 11.4 Å². The Morgan fingerprint density at radius 1 is 0.648 bits per heavy atom. The van der Waals surface area contributed by atoms with E-state index in [1.807, 2.05) is 23.5 Å². The van der Waals surface area contributed by atoms with Crippen molar-refractivity contribution in [3.05, 3.63) is 159 Å². The third-order valence-electron chi connectivity index (χ3n) is 12.1. The lowest BCUT2D eigenvalue weighted by Gasteiger charge is -2.44. The normalized spacial score (nSPS) is 17.7. The van der Waals surface area contributed by atoms with Crippen molar-refractivity contribution in [2.75, 3.05) is 4.90 Å². The maximum absolute atomic E-state index is 4.53. The van der Waals surface area contributed by atoms with Crippen LogP contribution in [0.1, 0.15) is 79.6 Å². The molecule has 4 heteroatoms. The molecule has 2 aliphatic heterocycles. The second-order valence-corrected chi connectivity index (χ2v) is 19.2. The maximum atomic E-state index is 4.53. The molecule has 0 atom stereocenters. The fourth-order valence-corrected chi connectivity index (χ4v) is 11.6. The zero-order chi connectivity index (χ0) is 37.7. The summed E-state index contributed by atoms with van der Waals surface area (Å²) in [5.41, 5.74) is 20.4. The summed E-state index contributed by atoms with van der Waals surface area (Å²) in [6.07, 6.45) is 6.91. The van der Waals surface area contributed by atoms with Crippen LogP contribution in [0, 0.1) is 27.7 Å². The molecule has 0 fully saturated rings. The number of hydrogen-bond acceptors (Lipinski definition) is 3. The monoisotopic (exact) mass is 740 g/mol. The van der Waals surface area contributed by atoms with E-state index >= 15 is 0 Å². The average Bonchev–Trinajstić information content (AvgIpc) is 3.47. The highest BCUT2D eigenvalue weighted by Crippen LogP contribution is 2.58. The molecular weight excluding hydrogens is 693 g/mol. The van der Waals surface area contributed by atoms with Crippen LogP contribution in [-0.4, -0.2) is 4.98 Å². The van der Waals surface area contributed by atoms with Crippen molar-refractivity contribution < 1.29 is 0 Å². The minimum Gasteiger partial charge on any atom is -0.358 e. The minimum atomic E-state index is 0.0876. The Bertz CT molecular complexity index is 2630. The van der Waals surface area contributed by atoms with Crippen LogP contribution in [-0.2, 0) is 10.8 Å². The Morgan fingerprint density at radius 2 is 1.33 bits per heavy atom. The van der Waals surface area contributed by atoms with Crippen molar-refractivity contribution >= 4 is 51.4 Å². The molecule has 0 radical (unpaired) electrons. The molecule has 1 N–H and O–H groups in total. The van der Waals surface area contributed by atoms with Gasteiger partial charge in [-0.1, -0.05) is 137 Å². The number of para-hydroxylation sites is 1. The maximum Gasteiger partial charge on any atom is 0.0741 e. The lowest BCUT2D eigenvalue weighted by Crippen LogP contribution is -2.34. The van der Waals surface area contributed by atoms with Crippen molar-refractivity contribution in [3.63, 3.8) is 0 Å². The molecule has 5 aromatic carbocycles. The second-order valence-electron chi connectivity index (χ2n) is 16.8. The van der Waals surface area contributed by atoms with Gasteiger partial charge in [-0.2, -0.15) is 0 Å². The van der Waals surface area contributed by atoms with Crippen LogP contribution in [0.5, 0.6) is 0 Å². The molecule has 1 aliphatic carbocycles. The van der Waals surface area contributed by atoms with Crippen molar-refractivity contribution in [3.8, 4) is 22.3 Å². The van der Waals surface area contributed by atoms with Gasteiger partial charge in [0.25, 0.3) is 0 Å². The molecule has 1 aromatic heterocycles. The third kappa shape index (κ3) is 5.56. The smallest absolute Gasteiger partial charge is 0.0741 e. The van der Waals surface area contributed by atoms with E-state index in [1.54, 1.807) is 0 Å². The molecule has 54 heavy (non-hydrogen) atoms. The van der Waals surface area contributed by atoms with Gasteiger partial charge in [0.1, 0.15) is 0 Å². The van der Waals surface area contributed by atoms with Gasteiger partial charge in [0.15, 0.2) is 0 Å². The molecular formula is C50H48N2S2. The Labute approximate surface area is 329 Å². The highest BCUT2D eigenvalue weighted by atomic mass is 32.2. The van der Waals surface area contributed by atoms with Crippen LogP contribution in [0.25, 0.3) is 38.7 Å².